The summed E-state index contributed by atoms with van der Waals surface area (Å²) in [7, 11) is 1.64. The molecule has 0 radical (unpaired) electrons. The fourth-order valence-corrected chi connectivity index (χ4v) is 2.36. The Hall–Kier alpha value is -1.59. The zero-order valence-corrected chi connectivity index (χ0v) is 12.6. The van der Waals surface area contributed by atoms with E-state index in [2.05, 4.69) is 10.6 Å². The van der Waals surface area contributed by atoms with Gasteiger partial charge in [0.05, 0.1) is 12.6 Å². The molecule has 0 aromatic heterocycles. The summed E-state index contributed by atoms with van der Waals surface area (Å²) in [6.07, 6.45) is 4.36. The number of nitrogens with one attached hydrogen (secondary N) is 2. The lowest BCUT2D eigenvalue weighted by molar-refractivity contribution is -0.118. The van der Waals surface area contributed by atoms with E-state index in [4.69, 9.17) is 9.47 Å². The maximum Gasteiger partial charge on any atom is 0.241 e. The zero-order valence-electron chi connectivity index (χ0n) is 12.6. The molecular weight excluding hydrogens is 268 g/mol. The monoisotopic (exact) mass is 292 g/mol. The summed E-state index contributed by atoms with van der Waals surface area (Å²) in [6.45, 7) is 2.00. The lowest BCUT2D eigenvalue weighted by Gasteiger charge is -2.15. The van der Waals surface area contributed by atoms with Gasteiger partial charge in [0.2, 0.25) is 5.91 Å². The van der Waals surface area contributed by atoms with Gasteiger partial charge in [0.15, 0.2) is 0 Å². The van der Waals surface area contributed by atoms with Crippen molar-refractivity contribution in [2.24, 2.45) is 0 Å². The second-order valence-corrected chi connectivity index (χ2v) is 5.21. The Balaban J connectivity index is 1.82. The quantitative estimate of drug-likeness (QED) is 0.789. The molecule has 1 aliphatic heterocycles. The molecule has 1 heterocycles. The predicted octanol–water partition coefficient (Wildman–Crippen LogP) is 2.18. The molecule has 1 unspecified atom stereocenters. The van der Waals surface area contributed by atoms with Crippen LogP contribution in [0, 0.1) is 0 Å². The van der Waals surface area contributed by atoms with Gasteiger partial charge in [-0.05, 0) is 43.7 Å². The van der Waals surface area contributed by atoms with Crippen molar-refractivity contribution in [3.05, 3.63) is 24.3 Å². The first-order valence-corrected chi connectivity index (χ1v) is 7.55. The molecule has 0 saturated carbocycles. The molecule has 1 saturated heterocycles. The van der Waals surface area contributed by atoms with Crippen molar-refractivity contribution in [2.45, 2.75) is 31.7 Å². The van der Waals surface area contributed by atoms with E-state index >= 15 is 0 Å². The molecule has 5 nitrogen and oxygen atoms in total. The van der Waals surface area contributed by atoms with Crippen molar-refractivity contribution >= 4 is 11.6 Å². The topological polar surface area (TPSA) is 59.6 Å². The van der Waals surface area contributed by atoms with Crippen LogP contribution < -0.4 is 15.4 Å². The van der Waals surface area contributed by atoms with E-state index in [0.29, 0.717) is 13.2 Å². The molecule has 2 N–H and O–H groups in total. The maximum absolute atomic E-state index is 12.2. The Kier molecular flexibility index (Phi) is 6.50. The largest absolute Gasteiger partial charge is 0.491 e. The van der Waals surface area contributed by atoms with E-state index < -0.39 is 0 Å². The zero-order chi connectivity index (χ0) is 14.9. The first kappa shape index (κ1) is 15.8. The molecule has 0 aliphatic carbocycles. The second kappa shape index (κ2) is 8.64. The lowest BCUT2D eigenvalue weighted by atomic mass is 10.1. The molecule has 1 aliphatic rings. The number of anilines is 1. The van der Waals surface area contributed by atoms with Crippen LogP contribution in [-0.4, -0.2) is 38.8 Å². The number of carbonyl (C=O) groups excluding carboxylic acids is 1. The average molecular weight is 292 g/mol. The summed E-state index contributed by atoms with van der Waals surface area (Å²) in [6, 6.07) is 7.34. The molecule has 1 atom stereocenters. The summed E-state index contributed by atoms with van der Waals surface area (Å²) < 4.78 is 10.4. The smallest absolute Gasteiger partial charge is 0.241 e. The van der Waals surface area contributed by atoms with Crippen molar-refractivity contribution in [1.29, 1.82) is 0 Å². The van der Waals surface area contributed by atoms with Crippen LogP contribution in [-0.2, 0) is 9.53 Å². The number of methoxy groups -OCH3 is 1. The van der Waals surface area contributed by atoms with Gasteiger partial charge >= 0.3 is 0 Å². The third kappa shape index (κ3) is 5.36. The molecule has 1 fully saturated rings. The Morgan fingerprint density at radius 2 is 2.05 bits per heavy atom. The van der Waals surface area contributed by atoms with Crippen molar-refractivity contribution in [3.8, 4) is 5.75 Å². The van der Waals surface area contributed by atoms with Gasteiger partial charge in [-0.3, -0.25) is 4.79 Å². The Morgan fingerprint density at radius 1 is 1.24 bits per heavy atom. The van der Waals surface area contributed by atoms with Crippen LogP contribution in [0.25, 0.3) is 0 Å². The van der Waals surface area contributed by atoms with Gasteiger partial charge in [-0.25, -0.2) is 0 Å². The highest BCUT2D eigenvalue weighted by molar-refractivity contribution is 5.94. The second-order valence-electron chi connectivity index (χ2n) is 5.21. The SMILES string of the molecule is COCCOc1ccc(NC(=O)C2CCCCCN2)cc1. The van der Waals surface area contributed by atoms with Gasteiger partial charge in [-0.1, -0.05) is 12.8 Å². The van der Waals surface area contributed by atoms with Crippen LogP contribution in [0.15, 0.2) is 24.3 Å². The first-order chi connectivity index (χ1) is 10.3. The number of hydrogen-bond acceptors (Lipinski definition) is 4. The third-order valence-corrected chi connectivity index (χ3v) is 3.55. The van der Waals surface area contributed by atoms with E-state index in [9.17, 15) is 4.79 Å². The van der Waals surface area contributed by atoms with Gasteiger partial charge < -0.3 is 20.1 Å². The number of hydrogen-bond donors (Lipinski definition) is 2. The molecule has 1 aromatic rings. The summed E-state index contributed by atoms with van der Waals surface area (Å²) in [5.41, 5.74) is 0.796. The van der Waals surface area contributed by atoms with Crippen LogP contribution in [0.1, 0.15) is 25.7 Å². The lowest BCUT2D eigenvalue weighted by Crippen LogP contribution is -2.39. The third-order valence-electron chi connectivity index (χ3n) is 3.55. The van der Waals surface area contributed by atoms with Crippen LogP contribution in [0.2, 0.25) is 0 Å². The average Bonchev–Trinajstić information content (AvgIpc) is 2.78. The van der Waals surface area contributed by atoms with E-state index in [1.807, 2.05) is 24.3 Å². The molecule has 1 amide bonds. The van der Waals surface area contributed by atoms with Crippen molar-refractivity contribution in [2.75, 3.05) is 32.2 Å². The minimum absolute atomic E-state index is 0.0463. The van der Waals surface area contributed by atoms with E-state index in [1.54, 1.807) is 7.11 Å². The molecule has 1 aromatic carbocycles. The Morgan fingerprint density at radius 3 is 2.81 bits per heavy atom. The number of rotatable bonds is 6. The minimum atomic E-state index is -0.0786. The molecule has 5 heteroatoms. The maximum atomic E-state index is 12.2. The highest BCUT2D eigenvalue weighted by atomic mass is 16.5. The van der Waals surface area contributed by atoms with E-state index in [0.717, 1.165) is 37.2 Å². The highest BCUT2D eigenvalue weighted by Crippen LogP contribution is 2.17. The molecule has 21 heavy (non-hydrogen) atoms. The number of ether oxygens (including phenoxy) is 2. The van der Waals surface area contributed by atoms with Crippen LogP contribution in [0.3, 0.4) is 0 Å². The first-order valence-electron chi connectivity index (χ1n) is 7.55. The summed E-state index contributed by atoms with van der Waals surface area (Å²) in [4.78, 5) is 12.2. The van der Waals surface area contributed by atoms with Gasteiger partial charge in [0, 0.05) is 12.8 Å². The normalized spacial score (nSPS) is 18.8. The van der Waals surface area contributed by atoms with E-state index in [-0.39, 0.29) is 11.9 Å². The minimum Gasteiger partial charge on any atom is -0.491 e. The van der Waals surface area contributed by atoms with Crippen molar-refractivity contribution in [3.63, 3.8) is 0 Å². The number of benzene rings is 1. The van der Waals surface area contributed by atoms with Gasteiger partial charge in [-0.15, -0.1) is 0 Å². The van der Waals surface area contributed by atoms with Crippen LogP contribution in [0.4, 0.5) is 5.69 Å². The highest BCUT2D eigenvalue weighted by Gasteiger charge is 2.19. The number of amides is 1. The molecule has 2 rings (SSSR count). The Bertz CT molecular complexity index is 426. The molecular formula is C16H24N2O3. The van der Waals surface area contributed by atoms with Crippen LogP contribution >= 0.6 is 0 Å². The molecule has 0 bridgehead atoms. The van der Waals surface area contributed by atoms with Gasteiger partial charge in [0.25, 0.3) is 0 Å². The fraction of sp³-hybridized carbons (Fsp3) is 0.562. The van der Waals surface area contributed by atoms with Gasteiger partial charge in [-0.2, -0.15) is 0 Å². The predicted molar refractivity (Wildman–Crippen MR) is 82.7 cm³/mol. The number of carbonyl (C=O) groups is 1. The van der Waals surface area contributed by atoms with Gasteiger partial charge in [0.1, 0.15) is 12.4 Å². The summed E-state index contributed by atoms with van der Waals surface area (Å²) in [5, 5.41) is 6.25. The standard InChI is InChI=1S/C16H24N2O3/c1-20-11-12-21-14-8-6-13(7-9-14)18-16(19)15-5-3-2-4-10-17-15/h6-9,15,17H,2-5,10-12H2,1H3,(H,18,19). The van der Waals surface area contributed by atoms with Crippen LogP contribution in [0.5, 0.6) is 5.75 Å². The van der Waals surface area contributed by atoms with Crippen molar-refractivity contribution in [1.82, 2.24) is 5.32 Å². The van der Waals surface area contributed by atoms with E-state index in [1.165, 1.54) is 6.42 Å². The molecule has 0 spiro atoms. The fourth-order valence-electron chi connectivity index (χ4n) is 2.36. The summed E-state index contributed by atoms with van der Waals surface area (Å²) >= 11 is 0. The molecule has 116 valence electrons. The Labute approximate surface area is 126 Å². The van der Waals surface area contributed by atoms with Crippen molar-refractivity contribution < 1.29 is 14.3 Å². The summed E-state index contributed by atoms with van der Waals surface area (Å²) in [5.74, 6) is 0.822.